The number of ketones is 2. The lowest BCUT2D eigenvalue weighted by molar-refractivity contribution is 0.0469. The van der Waals surface area contributed by atoms with Crippen molar-refractivity contribution in [2.45, 2.75) is 27.7 Å². The van der Waals surface area contributed by atoms with E-state index < -0.39 is 5.97 Å². The lowest BCUT2D eigenvalue weighted by Gasteiger charge is -2.09. The van der Waals surface area contributed by atoms with E-state index in [9.17, 15) is 14.4 Å². The Balaban J connectivity index is 2.05. The molecule has 0 aliphatic rings. The van der Waals surface area contributed by atoms with E-state index in [2.05, 4.69) is 4.98 Å². The van der Waals surface area contributed by atoms with Gasteiger partial charge in [0, 0.05) is 17.3 Å². The van der Waals surface area contributed by atoms with Crippen molar-refractivity contribution in [1.82, 2.24) is 4.98 Å². The third-order valence-corrected chi connectivity index (χ3v) is 3.78. The molecular formula is C18H19NO4. The van der Waals surface area contributed by atoms with Gasteiger partial charge in [-0.25, -0.2) is 4.79 Å². The lowest BCUT2D eigenvalue weighted by atomic mass is 9.98. The smallest absolute Gasteiger partial charge is 0.355 e. The molecule has 0 bridgehead atoms. The summed E-state index contributed by atoms with van der Waals surface area (Å²) < 4.78 is 5.03. The summed E-state index contributed by atoms with van der Waals surface area (Å²) in [5, 5.41) is 0. The van der Waals surface area contributed by atoms with Gasteiger partial charge in [0.25, 0.3) is 0 Å². The van der Waals surface area contributed by atoms with Gasteiger partial charge in [-0.1, -0.05) is 6.07 Å². The first-order valence-corrected chi connectivity index (χ1v) is 7.27. The minimum atomic E-state index is -0.660. The van der Waals surface area contributed by atoms with Crippen molar-refractivity contribution in [3.63, 3.8) is 0 Å². The van der Waals surface area contributed by atoms with Crippen molar-refractivity contribution in [3.8, 4) is 0 Å². The number of hydrogen-bond donors (Lipinski definition) is 1. The predicted octanol–water partition coefficient (Wildman–Crippen LogP) is 3.18. The average Bonchev–Trinajstić information content (AvgIpc) is 2.98. The van der Waals surface area contributed by atoms with Crippen LogP contribution in [-0.4, -0.2) is 29.1 Å². The molecular weight excluding hydrogens is 294 g/mol. The third kappa shape index (κ3) is 3.74. The van der Waals surface area contributed by atoms with Gasteiger partial charge in [-0.15, -0.1) is 0 Å². The predicted molar refractivity (Wildman–Crippen MR) is 86.1 cm³/mol. The second-order valence-electron chi connectivity index (χ2n) is 5.61. The highest BCUT2D eigenvalue weighted by atomic mass is 16.5. The summed E-state index contributed by atoms with van der Waals surface area (Å²) in [4.78, 5) is 38.0. The maximum absolute atomic E-state index is 12.2. The molecule has 1 N–H and O–H groups in total. The number of aromatic amines is 1. The van der Waals surface area contributed by atoms with Crippen LogP contribution in [0.5, 0.6) is 0 Å². The van der Waals surface area contributed by atoms with Crippen LogP contribution >= 0.6 is 0 Å². The first-order chi connectivity index (χ1) is 10.8. The number of rotatable bonds is 5. The zero-order valence-electron chi connectivity index (χ0n) is 13.6. The zero-order valence-corrected chi connectivity index (χ0v) is 13.6. The van der Waals surface area contributed by atoms with E-state index >= 15 is 0 Å². The molecule has 0 unspecified atom stereocenters. The van der Waals surface area contributed by atoms with Crippen LogP contribution in [0.2, 0.25) is 0 Å². The first kappa shape index (κ1) is 16.7. The van der Waals surface area contributed by atoms with E-state index in [1.54, 1.807) is 0 Å². The summed E-state index contributed by atoms with van der Waals surface area (Å²) >= 11 is 0. The quantitative estimate of drug-likeness (QED) is 0.679. The Kier molecular flexibility index (Phi) is 4.79. The molecule has 5 heteroatoms. The van der Waals surface area contributed by atoms with Gasteiger partial charge >= 0.3 is 5.97 Å². The van der Waals surface area contributed by atoms with Gasteiger partial charge in [0.15, 0.2) is 12.4 Å². The van der Waals surface area contributed by atoms with Crippen molar-refractivity contribution in [2.75, 3.05) is 6.61 Å². The van der Waals surface area contributed by atoms with E-state index in [1.165, 1.54) is 19.2 Å². The van der Waals surface area contributed by atoms with Crippen LogP contribution in [0.15, 0.2) is 24.4 Å². The van der Waals surface area contributed by atoms with Crippen molar-refractivity contribution in [2.24, 2.45) is 0 Å². The van der Waals surface area contributed by atoms with E-state index in [4.69, 9.17) is 4.74 Å². The van der Waals surface area contributed by atoms with Crippen LogP contribution in [0.3, 0.4) is 0 Å². The number of benzene rings is 1. The Morgan fingerprint density at radius 3 is 2.26 bits per heavy atom. The SMILES string of the molecule is CC(=O)c1c[nH]c(C(=O)OCC(=O)c2cc(C)c(C)cc2C)c1. The number of H-pyrrole nitrogens is 1. The Morgan fingerprint density at radius 1 is 1.00 bits per heavy atom. The molecule has 1 aromatic heterocycles. The van der Waals surface area contributed by atoms with Crippen LogP contribution in [0.25, 0.3) is 0 Å². The van der Waals surface area contributed by atoms with Crippen molar-refractivity contribution < 1.29 is 19.1 Å². The maximum atomic E-state index is 12.2. The van der Waals surface area contributed by atoms with Crippen molar-refractivity contribution in [3.05, 3.63) is 57.9 Å². The maximum Gasteiger partial charge on any atom is 0.355 e. The Bertz CT molecular complexity index is 786. The summed E-state index contributed by atoms with van der Waals surface area (Å²) in [5.41, 5.74) is 4.08. The molecule has 0 aliphatic heterocycles. The van der Waals surface area contributed by atoms with Crippen molar-refractivity contribution in [1.29, 1.82) is 0 Å². The first-order valence-electron chi connectivity index (χ1n) is 7.27. The number of esters is 1. The molecule has 0 saturated carbocycles. The van der Waals surface area contributed by atoms with Crippen molar-refractivity contribution >= 4 is 17.5 Å². The second kappa shape index (κ2) is 6.60. The average molecular weight is 313 g/mol. The summed E-state index contributed by atoms with van der Waals surface area (Å²) in [6, 6.07) is 5.16. The van der Waals surface area contributed by atoms with E-state index in [-0.39, 0.29) is 23.9 Å². The molecule has 5 nitrogen and oxygen atoms in total. The summed E-state index contributed by atoms with van der Waals surface area (Å²) in [6.07, 6.45) is 1.44. The van der Waals surface area contributed by atoms with Gasteiger partial charge in [0.2, 0.25) is 5.78 Å². The van der Waals surface area contributed by atoms with Crippen LogP contribution in [0, 0.1) is 20.8 Å². The summed E-state index contributed by atoms with van der Waals surface area (Å²) in [5.74, 6) is -1.06. The van der Waals surface area contributed by atoms with Crippen LogP contribution in [0.4, 0.5) is 0 Å². The monoisotopic (exact) mass is 313 g/mol. The summed E-state index contributed by atoms with van der Waals surface area (Å²) in [7, 11) is 0. The normalized spacial score (nSPS) is 10.4. The Hall–Kier alpha value is -2.69. The van der Waals surface area contributed by atoms with Gasteiger partial charge in [-0.3, -0.25) is 9.59 Å². The fourth-order valence-electron chi connectivity index (χ4n) is 2.26. The standard InChI is InChI=1S/C18H19NO4/c1-10-5-12(3)15(6-11(10)2)17(21)9-23-18(22)16-7-14(8-19-16)13(4)20/h5-8,19H,9H2,1-4H3. The number of ether oxygens (including phenoxy) is 1. The van der Waals surface area contributed by atoms with E-state index in [0.29, 0.717) is 11.1 Å². The van der Waals surface area contributed by atoms with Crippen LogP contribution in [-0.2, 0) is 4.74 Å². The molecule has 0 radical (unpaired) electrons. The lowest BCUT2D eigenvalue weighted by Crippen LogP contribution is -2.15. The number of carbonyl (C=O) groups is 3. The molecule has 0 saturated heterocycles. The Labute approximate surface area is 134 Å². The molecule has 0 fully saturated rings. The largest absolute Gasteiger partial charge is 0.453 e. The number of carbonyl (C=O) groups excluding carboxylic acids is 3. The molecule has 0 aliphatic carbocycles. The summed E-state index contributed by atoms with van der Waals surface area (Å²) in [6.45, 7) is 6.83. The second-order valence-corrected chi connectivity index (χ2v) is 5.61. The van der Waals surface area contributed by atoms with E-state index in [1.807, 2.05) is 32.9 Å². The van der Waals surface area contributed by atoms with Gasteiger partial charge in [0.1, 0.15) is 5.69 Å². The van der Waals surface area contributed by atoms with Gasteiger partial charge in [-0.2, -0.15) is 0 Å². The molecule has 120 valence electrons. The number of aryl methyl sites for hydroxylation is 3. The third-order valence-electron chi connectivity index (χ3n) is 3.78. The minimum Gasteiger partial charge on any atom is -0.453 e. The van der Waals surface area contributed by atoms with Gasteiger partial charge < -0.3 is 9.72 Å². The highest BCUT2D eigenvalue weighted by Crippen LogP contribution is 2.16. The fraction of sp³-hybridized carbons (Fsp3) is 0.278. The molecule has 0 spiro atoms. The number of nitrogens with one attached hydrogen (secondary N) is 1. The fourth-order valence-corrected chi connectivity index (χ4v) is 2.26. The van der Waals surface area contributed by atoms with E-state index in [0.717, 1.165) is 16.7 Å². The molecule has 2 aromatic rings. The highest BCUT2D eigenvalue weighted by Gasteiger charge is 2.16. The molecule has 1 heterocycles. The molecule has 2 rings (SSSR count). The minimum absolute atomic E-state index is 0.151. The van der Waals surface area contributed by atoms with Gasteiger partial charge in [0.05, 0.1) is 0 Å². The molecule has 0 atom stereocenters. The topological polar surface area (TPSA) is 76.2 Å². The van der Waals surface area contributed by atoms with Gasteiger partial charge in [-0.05, 0) is 56.5 Å². The number of Topliss-reactive ketones (excluding diaryl/α,β-unsaturated/α-hetero) is 2. The highest BCUT2D eigenvalue weighted by molar-refractivity contribution is 6.01. The van der Waals surface area contributed by atoms with Crippen LogP contribution in [0.1, 0.15) is 54.8 Å². The number of aromatic nitrogens is 1. The molecule has 1 aromatic carbocycles. The zero-order chi connectivity index (χ0) is 17.1. The molecule has 23 heavy (non-hydrogen) atoms. The Morgan fingerprint density at radius 2 is 1.65 bits per heavy atom. The van der Waals surface area contributed by atoms with Crippen LogP contribution < -0.4 is 0 Å². The number of hydrogen-bond acceptors (Lipinski definition) is 4. The molecule has 0 amide bonds.